The Morgan fingerprint density at radius 1 is 1.00 bits per heavy atom. The van der Waals surface area contributed by atoms with Gasteiger partial charge in [-0.3, -0.25) is 9.59 Å². The number of fused-ring (bicyclic) bond motifs is 1. The van der Waals surface area contributed by atoms with E-state index in [0.717, 1.165) is 30.8 Å². The molecule has 2 aromatic carbocycles. The first-order valence-corrected chi connectivity index (χ1v) is 11.6. The third kappa shape index (κ3) is 5.42. The molecule has 2 amide bonds. The lowest BCUT2D eigenvalue weighted by atomic mass is 9.94. The van der Waals surface area contributed by atoms with Crippen molar-refractivity contribution in [3.63, 3.8) is 0 Å². The van der Waals surface area contributed by atoms with E-state index in [1.54, 1.807) is 0 Å². The summed E-state index contributed by atoms with van der Waals surface area (Å²) < 4.78 is 11.8. The highest BCUT2D eigenvalue weighted by molar-refractivity contribution is 5.80. The number of piperidine rings is 1. The highest BCUT2D eigenvalue weighted by atomic mass is 16.6. The molecule has 2 heterocycles. The fraction of sp³-hybridized carbons (Fsp3) is 0.462. The Labute approximate surface area is 190 Å². The van der Waals surface area contributed by atoms with Crippen LogP contribution in [-0.4, -0.2) is 60.5 Å². The van der Waals surface area contributed by atoms with Crippen LogP contribution in [0.15, 0.2) is 54.6 Å². The summed E-state index contributed by atoms with van der Waals surface area (Å²) >= 11 is 0. The molecule has 170 valence electrons. The maximum Gasteiger partial charge on any atom is 0.225 e. The molecule has 1 atom stereocenters. The normalized spacial score (nSPS) is 18.3. The van der Waals surface area contributed by atoms with Crippen molar-refractivity contribution in [1.82, 2.24) is 9.80 Å². The Balaban J connectivity index is 1.24. The zero-order valence-electron chi connectivity index (χ0n) is 18.7. The molecule has 2 aromatic rings. The van der Waals surface area contributed by atoms with E-state index in [1.165, 1.54) is 5.56 Å². The van der Waals surface area contributed by atoms with Gasteiger partial charge >= 0.3 is 0 Å². The molecule has 1 fully saturated rings. The molecule has 0 aliphatic carbocycles. The SMILES string of the molecule is CCN(CC1COc2ccccc2O1)C(=O)C1CCN(C(=O)CCc2ccccc2)CC1. The van der Waals surface area contributed by atoms with Gasteiger partial charge in [0.05, 0.1) is 6.54 Å². The van der Waals surface area contributed by atoms with Crippen LogP contribution < -0.4 is 9.47 Å². The molecule has 1 unspecified atom stereocenters. The summed E-state index contributed by atoms with van der Waals surface area (Å²) in [6, 6.07) is 17.7. The average molecular weight is 437 g/mol. The van der Waals surface area contributed by atoms with Gasteiger partial charge < -0.3 is 19.3 Å². The lowest BCUT2D eigenvalue weighted by Crippen LogP contribution is -2.48. The number of carbonyl (C=O) groups excluding carboxylic acids is 2. The van der Waals surface area contributed by atoms with Gasteiger partial charge in [0.15, 0.2) is 17.6 Å². The molecule has 0 spiro atoms. The molecular weight excluding hydrogens is 404 g/mol. The molecule has 0 bridgehead atoms. The topological polar surface area (TPSA) is 59.1 Å². The van der Waals surface area contributed by atoms with Crippen molar-refractivity contribution >= 4 is 11.8 Å². The van der Waals surface area contributed by atoms with E-state index in [9.17, 15) is 9.59 Å². The van der Waals surface area contributed by atoms with Crippen molar-refractivity contribution in [1.29, 1.82) is 0 Å². The second kappa shape index (κ2) is 10.5. The van der Waals surface area contributed by atoms with Crippen LogP contribution in [0.2, 0.25) is 0 Å². The molecule has 1 saturated heterocycles. The number of carbonyl (C=O) groups is 2. The summed E-state index contributed by atoms with van der Waals surface area (Å²) in [5.74, 6) is 1.78. The minimum absolute atomic E-state index is 0.0371. The van der Waals surface area contributed by atoms with Crippen LogP contribution in [0, 0.1) is 5.92 Å². The summed E-state index contributed by atoms with van der Waals surface area (Å²) in [4.78, 5) is 29.6. The summed E-state index contributed by atoms with van der Waals surface area (Å²) in [7, 11) is 0. The first-order valence-electron chi connectivity index (χ1n) is 11.6. The fourth-order valence-corrected chi connectivity index (χ4v) is 4.46. The zero-order valence-corrected chi connectivity index (χ0v) is 18.7. The number of ether oxygens (including phenoxy) is 2. The smallest absolute Gasteiger partial charge is 0.225 e. The molecule has 0 N–H and O–H groups in total. The average Bonchev–Trinajstić information content (AvgIpc) is 2.86. The zero-order chi connectivity index (χ0) is 22.3. The van der Waals surface area contributed by atoms with Gasteiger partial charge in [0.2, 0.25) is 11.8 Å². The number of likely N-dealkylation sites (N-methyl/N-ethyl adjacent to an activating group) is 1. The van der Waals surface area contributed by atoms with Crippen LogP contribution in [0.1, 0.15) is 31.7 Å². The maximum atomic E-state index is 13.2. The second-order valence-electron chi connectivity index (χ2n) is 8.52. The van der Waals surface area contributed by atoms with Crippen LogP contribution >= 0.6 is 0 Å². The second-order valence-corrected chi connectivity index (χ2v) is 8.52. The highest BCUT2D eigenvalue weighted by Gasteiger charge is 2.32. The number of aryl methyl sites for hydroxylation is 1. The number of nitrogens with zero attached hydrogens (tertiary/aromatic N) is 2. The predicted molar refractivity (Wildman–Crippen MR) is 123 cm³/mol. The molecule has 32 heavy (non-hydrogen) atoms. The predicted octanol–water partition coefficient (Wildman–Crippen LogP) is 3.55. The van der Waals surface area contributed by atoms with E-state index in [1.807, 2.05) is 59.2 Å². The van der Waals surface area contributed by atoms with Crippen molar-refractivity contribution in [2.75, 3.05) is 32.8 Å². The number of benzene rings is 2. The van der Waals surface area contributed by atoms with Gasteiger partial charge in [0, 0.05) is 32.0 Å². The molecule has 2 aliphatic rings. The van der Waals surface area contributed by atoms with Crippen LogP contribution in [-0.2, 0) is 16.0 Å². The molecule has 2 aliphatic heterocycles. The van der Waals surface area contributed by atoms with E-state index in [2.05, 4.69) is 12.1 Å². The number of hydrogen-bond acceptors (Lipinski definition) is 4. The van der Waals surface area contributed by atoms with E-state index < -0.39 is 0 Å². The summed E-state index contributed by atoms with van der Waals surface area (Å²) in [6.07, 6.45) is 2.54. The first-order chi connectivity index (χ1) is 15.6. The van der Waals surface area contributed by atoms with Gasteiger partial charge in [-0.15, -0.1) is 0 Å². The minimum Gasteiger partial charge on any atom is -0.486 e. The Bertz CT molecular complexity index is 909. The van der Waals surface area contributed by atoms with Crippen molar-refractivity contribution in [3.8, 4) is 11.5 Å². The van der Waals surface area contributed by atoms with Crippen LogP contribution in [0.4, 0.5) is 0 Å². The number of likely N-dealkylation sites (tertiary alicyclic amines) is 1. The standard InChI is InChI=1S/C26H32N2O4/c1-2-27(18-22-19-31-23-10-6-7-11-24(23)32-22)26(30)21-14-16-28(17-15-21)25(29)13-12-20-8-4-3-5-9-20/h3-11,21-22H,2,12-19H2,1H3. The minimum atomic E-state index is -0.173. The van der Waals surface area contributed by atoms with E-state index in [4.69, 9.17) is 9.47 Å². The lowest BCUT2D eigenvalue weighted by Gasteiger charge is -2.36. The summed E-state index contributed by atoms with van der Waals surface area (Å²) in [5.41, 5.74) is 1.18. The van der Waals surface area contributed by atoms with Gasteiger partial charge in [-0.05, 0) is 43.9 Å². The van der Waals surface area contributed by atoms with Gasteiger partial charge in [-0.1, -0.05) is 42.5 Å². The Kier molecular flexibility index (Phi) is 7.30. The van der Waals surface area contributed by atoms with Crippen LogP contribution in [0.3, 0.4) is 0 Å². The Morgan fingerprint density at radius 3 is 2.41 bits per heavy atom. The number of hydrogen-bond donors (Lipinski definition) is 0. The third-order valence-corrected chi connectivity index (χ3v) is 6.35. The lowest BCUT2D eigenvalue weighted by molar-refractivity contribution is -0.141. The van der Waals surface area contributed by atoms with Gasteiger partial charge in [0.1, 0.15) is 6.61 Å². The van der Waals surface area contributed by atoms with Gasteiger partial charge in [-0.2, -0.15) is 0 Å². The third-order valence-electron chi connectivity index (χ3n) is 6.35. The molecule has 0 radical (unpaired) electrons. The maximum absolute atomic E-state index is 13.2. The van der Waals surface area contributed by atoms with Crippen molar-refractivity contribution < 1.29 is 19.1 Å². The number of para-hydroxylation sites is 2. The van der Waals surface area contributed by atoms with Gasteiger partial charge in [-0.25, -0.2) is 0 Å². The molecule has 6 nitrogen and oxygen atoms in total. The number of rotatable bonds is 7. The summed E-state index contributed by atoms with van der Waals surface area (Å²) in [5, 5.41) is 0. The van der Waals surface area contributed by atoms with Crippen molar-refractivity contribution in [2.24, 2.45) is 5.92 Å². The van der Waals surface area contributed by atoms with Crippen molar-refractivity contribution in [3.05, 3.63) is 60.2 Å². The fourth-order valence-electron chi connectivity index (χ4n) is 4.46. The summed E-state index contributed by atoms with van der Waals surface area (Å²) in [6.45, 7) is 4.89. The molecule has 6 heteroatoms. The van der Waals surface area contributed by atoms with E-state index in [0.29, 0.717) is 39.2 Å². The Morgan fingerprint density at radius 2 is 1.69 bits per heavy atom. The largest absolute Gasteiger partial charge is 0.486 e. The van der Waals surface area contributed by atoms with Crippen LogP contribution in [0.5, 0.6) is 11.5 Å². The number of amides is 2. The van der Waals surface area contributed by atoms with Crippen molar-refractivity contribution in [2.45, 2.75) is 38.7 Å². The van der Waals surface area contributed by atoms with E-state index in [-0.39, 0.29) is 23.8 Å². The Hall–Kier alpha value is -3.02. The van der Waals surface area contributed by atoms with Crippen LogP contribution in [0.25, 0.3) is 0 Å². The quantitative estimate of drug-likeness (QED) is 0.666. The first kappa shape index (κ1) is 22.2. The molecule has 0 aromatic heterocycles. The molecular formula is C26H32N2O4. The monoisotopic (exact) mass is 436 g/mol. The van der Waals surface area contributed by atoms with Gasteiger partial charge in [0.25, 0.3) is 0 Å². The van der Waals surface area contributed by atoms with E-state index >= 15 is 0 Å². The highest BCUT2D eigenvalue weighted by Crippen LogP contribution is 2.31. The molecule has 4 rings (SSSR count). The molecule has 0 saturated carbocycles.